The molecule has 0 radical (unpaired) electrons. The van der Waals surface area contributed by atoms with E-state index in [4.69, 9.17) is 9.47 Å². The summed E-state index contributed by atoms with van der Waals surface area (Å²) in [4.78, 5) is 2.55. The molecule has 0 amide bonds. The molecule has 0 bridgehead atoms. The highest BCUT2D eigenvalue weighted by Crippen LogP contribution is 2.34. The van der Waals surface area contributed by atoms with E-state index in [-0.39, 0.29) is 24.8 Å². The Kier molecular flexibility index (Phi) is 10.6. The maximum absolute atomic E-state index is 5.98. The molecular weight excluding hydrogens is 383 g/mol. The monoisotopic (exact) mass is 412 g/mol. The number of ether oxygens (including phenoxy) is 2. The quantitative estimate of drug-likeness (QED) is 0.726. The Bertz CT molecular complexity index is 664. The van der Waals surface area contributed by atoms with Crippen LogP contribution in [0.5, 0.6) is 11.5 Å². The number of hydrogen-bond donors (Lipinski definition) is 1. The SMILES string of the molecule is CC[C@@H](c1ccc(OCc2ccccc2)c(OC)c1)N1CCNCC1.Cl.Cl. The molecule has 0 saturated carbocycles. The minimum absolute atomic E-state index is 0. The third kappa shape index (κ3) is 6.28. The molecule has 0 spiro atoms. The summed E-state index contributed by atoms with van der Waals surface area (Å²) in [6.07, 6.45) is 1.09. The van der Waals surface area contributed by atoms with E-state index < -0.39 is 0 Å². The first-order valence-electron chi connectivity index (χ1n) is 9.11. The van der Waals surface area contributed by atoms with Crippen molar-refractivity contribution in [2.45, 2.75) is 26.0 Å². The van der Waals surface area contributed by atoms with E-state index in [0.717, 1.165) is 49.7 Å². The second-order valence-electron chi connectivity index (χ2n) is 6.39. The predicted octanol–water partition coefficient (Wildman–Crippen LogP) is 4.47. The molecule has 0 aliphatic carbocycles. The van der Waals surface area contributed by atoms with E-state index in [1.54, 1.807) is 7.11 Å². The van der Waals surface area contributed by atoms with E-state index >= 15 is 0 Å². The Hall–Kier alpha value is -1.46. The molecule has 2 aromatic carbocycles. The van der Waals surface area contributed by atoms with Crippen LogP contribution in [0.25, 0.3) is 0 Å². The van der Waals surface area contributed by atoms with Crippen LogP contribution in [0.2, 0.25) is 0 Å². The number of nitrogens with one attached hydrogen (secondary N) is 1. The van der Waals surface area contributed by atoms with Crippen LogP contribution in [0.15, 0.2) is 48.5 Å². The third-order valence-corrected chi connectivity index (χ3v) is 4.79. The largest absolute Gasteiger partial charge is 0.493 e. The molecule has 4 nitrogen and oxygen atoms in total. The first-order valence-corrected chi connectivity index (χ1v) is 9.11. The molecule has 0 aromatic heterocycles. The Morgan fingerprint density at radius 3 is 2.33 bits per heavy atom. The highest BCUT2D eigenvalue weighted by molar-refractivity contribution is 5.85. The minimum Gasteiger partial charge on any atom is -0.493 e. The van der Waals surface area contributed by atoms with Gasteiger partial charge in [-0.15, -0.1) is 24.8 Å². The molecule has 1 atom stereocenters. The number of benzene rings is 2. The van der Waals surface area contributed by atoms with Crippen molar-refractivity contribution in [2.75, 3.05) is 33.3 Å². The fourth-order valence-electron chi connectivity index (χ4n) is 3.44. The Morgan fingerprint density at radius 2 is 1.70 bits per heavy atom. The van der Waals surface area contributed by atoms with Crippen LogP contribution in [-0.4, -0.2) is 38.2 Å². The molecule has 6 heteroatoms. The van der Waals surface area contributed by atoms with Crippen LogP contribution in [0.3, 0.4) is 0 Å². The number of piperazine rings is 1. The molecule has 0 unspecified atom stereocenters. The molecule has 1 saturated heterocycles. The molecule has 1 aliphatic rings. The Morgan fingerprint density at radius 1 is 1.00 bits per heavy atom. The zero-order valence-corrected chi connectivity index (χ0v) is 17.7. The van der Waals surface area contributed by atoms with Gasteiger partial charge in [0.2, 0.25) is 0 Å². The summed E-state index contributed by atoms with van der Waals surface area (Å²) in [6.45, 7) is 7.10. The first kappa shape index (κ1) is 23.6. The lowest BCUT2D eigenvalue weighted by Crippen LogP contribution is -2.45. The topological polar surface area (TPSA) is 33.7 Å². The number of rotatable bonds is 7. The minimum atomic E-state index is 0. The van der Waals surface area contributed by atoms with Crippen molar-refractivity contribution >= 4 is 24.8 Å². The fraction of sp³-hybridized carbons (Fsp3) is 0.429. The Labute approximate surface area is 175 Å². The van der Waals surface area contributed by atoms with Crippen molar-refractivity contribution in [1.82, 2.24) is 10.2 Å². The molecule has 1 N–H and O–H groups in total. The molecule has 1 heterocycles. The molecular formula is C21H30Cl2N2O2. The summed E-state index contributed by atoms with van der Waals surface area (Å²) in [5.74, 6) is 1.60. The van der Waals surface area contributed by atoms with E-state index in [1.807, 2.05) is 24.3 Å². The highest BCUT2D eigenvalue weighted by atomic mass is 35.5. The summed E-state index contributed by atoms with van der Waals surface area (Å²) in [5.41, 5.74) is 2.45. The zero-order chi connectivity index (χ0) is 17.5. The average Bonchev–Trinajstić information content (AvgIpc) is 2.69. The van der Waals surface area contributed by atoms with Gasteiger partial charge >= 0.3 is 0 Å². The van der Waals surface area contributed by atoms with Crippen molar-refractivity contribution in [3.05, 3.63) is 59.7 Å². The summed E-state index contributed by atoms with van der Waals surface area (Å²) in [5, 5.41) is 3.42. The summed E-state index contributed by atoms with van der Waals surface area (Å²) >= 11 is 0. The van der Waals surface area contributed by atoms with Gasteiger partial charge in [-0.2, -0.15) is 0 Å². The van der Waals surface area contributed by atoms with E-state index in [9.17, 15) is 0 Å². The van der Waals surface area contributed by atoms with Crippen LogP contribution in [0.4, 0.5) is 0 Å². The summed E-state index contributed by atoms with van der Waals surface area (Å²) in [6, 6.07) is 17.0. The maximum atomic E-state index is 5.98. The number of nitrogens with zero attached hydrogens (tertiary/aromatic N) is 1. The Balaban J connectivity index is 0.00000182. The number of halogens is 2. The van der Waals surface area contributed by atoms with Crippen molar-refractivity contribution < 1.29 is 9.47 Å². The normalized spacial score (nSPS) is 15.2. The predicted molar refractivity (Wildman–Crippen MR) is 116 cm³/mol. The zero-order valence-electron chi connectivity index (χ0n) is 16.0. The highest BCUT2D eigenvalue weighted by Gasteiger charge is 2.21. The van der Waals surface area contributed by atoms with Gasteiger partial charge in [0.05, 0.1) is 7.11 Å². The second kappa shape index (κ2) is 12.1. The maximum Gasteiger partial charge on any atom is 0.161 e. The second-order valence-corrected chi connectivity index (χ2v) is 6.39. The van der Waals surface area contributed by atoms with Crippen molar-refractivity contribution in [1.29, 1.82) is 0 Å². The van der Waals surface area contributed by atoms with Gasteiger partial charge in [-0.05, 0) is 29.7 Å². The van der Waals surface area contributed by atoms with Gasteiger partial charge in [-0.25, -0.2) is 0 Å². The lowest BCUT2D eigenvalue weighted by molar-refractivity contribution is 0.169. The van der Waals surface area contributed by atoms with Gasteiger partial charge < -0.3 is 14.8 Å². The lowest BCUT2D eigenvalue weighted by atomic mass is 10.0. The summed E-state index contributed by atoms with van der Waals surface area (Å²) < 4.78 is 11.6. The molecule has 1 aliphatic heterocycles. The lowest BCUT2D eigenvalue weighted by Gasteiger charge is -2.35. The molecule has 150 valence electrons. The molecule has 1 fully saturated rings. The fourth-order valence-corrected chi connectivity index (χ4v) is 3.44. The average molecular weight is 413 g/mol. The van der Waals surface area contributed by atoms with Gasteiger partial charge in [0.15, 0.2) is 11.5 Å². The summed E-state index contributed by atoms with van der Waals surface area (Å²) in [7, 11) is 1.71. The van der Waals surface area contributed by atoms with Crippen LogP contribution in [0, 0.1) is 0 Å². The van der Waals surface area contributed by atoms with Crippen LogP contribution in [0.1, 0.15) is 30.5 Å². The smallest absolute Gasteiger partial charge is 0.161 e. The van der Waals surface area contributed by atoms with Crippen LogP contribution >= 0.6 is 24.8 Å². The third-order valence-electron chi connectivity index (χ3n) is 4.79. The van der Waals surface area contributed by atoms with Crippen LogP contribution in [-0.2, 0) is 6.61 Å². The number of methoxy groups -OCH3 is 1. The van der Waals surface area contributed by atoms with Crippen molar-refractivity contribution in [3.8, 4) is 11.5 Å². The van der Waals surface area contributed by atoms with Crippen LogP contribution < -0.4 is 14.8 Å². The van der Waals surface area contributed by atoms with Crippen molar-refractivity contribution in [2.24, 2.45) is 0 Å². The van der Waals surface area contributed by atoms with Gasteiger partial charge in [-0.1, -0.05) is 43.3 Å². The van der Waals surface area contributed by atoms with E-state index in [2.05, 4.69) is 41.4 Å². The van der Waals surface area contributed by atoms with Crippen molar-refractivity contribution in [3.63, 3.8) is 0 Å². The standard InChI is InChI=1S/C21H28N2O2.2ClH/c1-3-19(23-13-11-22-12-14-23)18-9-10-20(21(15-18)24-2)25-16-17-7-5-4-6-8-17;;/h4-10,15,19,22H,3,11-14,16H2,1-2H3;2*1H/t19-;;/m0../s1. The van der Waals surface area contributed by atoms with E-state index in [0.29, 0.717) is 12.6 Å². The molecule has 2 aromatic rings. The number of hydrogen-bond acceptors (Lipinski definition) is 4. The van der Waals surface area contributed by atoms with Gasteiger partial charge in [-0.3, -0.25) is 4.90 Å². The molecule has 3 rings (SSSR count). The first-order chi connectivity index (χ1) is 12.3. The van der Waals surface area contributed by atoms with Gasteiger partial charge in [0.1, 0.15) is 6.61 Å². The van der Waals surface area contributed by atoms with Gasteiger partial charge in [0.25, 0.3) is 0 Å². The molecule has 27 heavy (non-hydrogen) atoms. The van der Waals surface area contributed by atoms with Gasteiger partial charge in [0, 0.05) is 32.2 Å². The van der Waals surface area contributed by atoms with E-state index in [1.165, 1.54) is 5.56 Å².